The number of aromatic amines is 1. The first-order valence-electron chi connectivity index (χ1n) is 7.33. The zero-order chi connectivity index (χ0) is 17.0. The molecule has 0 radical (unpaired) electrons. The van der Waals surface area contributed by atoms with Gasteiger partial charge in [0, 0.05) is 5.41 Å². The lowest BCUT2D eigenvalue weighted by Crippen LogP contribution is -2.28. The first-order chi connectivity index (χ1) is 10.8. The molecule has 122 valence electrons. The number of nitrogens with zero attached hydrogens (tertiary/aromatic N) is 2. The molecule has 2 aromatic rings. The number of anilines is 2. The first-order valence-corrected chi connectivity index (χ1v) is 7.33. The highest BCUT2D eigenvalue weighted by atomic mass is 16.5. The molecular formula is C16H20N4O3. The molecule has 2 N–H and O–H groups in total. The third-order valence-corrected chi connectivity index (χ3v) is 3.08. The number of carbonyl (C=O) groups is 1. The van der Waals surface area contributed by atoms with Gasteiger partial charge in [-0.3, -0.25) is 9.78 Å². The molecule has 0 amide bonds. The first kappa shape index (κ1) is 16.7. The quantitative estimate of drug-likeness (QED) is 0.841. The van der Waals surface area contributed by atoms with Crippen LogP contribution in [-0.2, 0) is 10.2 Å². The molecule has 7 heteroatoms. The number of hydrogen-bond donors (Lipinski definition) is 2. The summed E-state index contributed by atoms with van der Waals surface area (Å²) in [6.07, 6.45) is 0. The average Bonchev–Trinajstić information content (AvgIpc) is 2.46. The lowest BCUT2D eigenvalue weighted by molar-refractivity contribution is 0.0527. The Kier molecular flexibility index (Phi) is 4.78. The van der Waals surface area contributed by atoms with Crippen LogP contribution < -0.4 is 10.9 Å². The van der Waals surface area contributed by atoms with Crippen LogP contribution in [0.1, 0.15) is 43.7 Å². The van der Waals surface area contributed by atoms with Crippen molar-refractivity contribution in [3.05, 3.63) is 45.9 Å². The molecule has 7 nitrogen and oxygen atoms in total. The van der Waals surface area contributed by atoms with E-state index in [2.05, 4.69) is 20.5 Å². The van der Waals surface area contributed by atoms with Crippen LogP contribution in [0.15, 0.2) is 29.1 Å². The van der Waals surface area contributed by atoms with E-state index < -0.39 is 11.4 Å². The normalized spacial score (nSPS) is 11.1. The number of benzene rings is 1. The van der Waals surface area contributed by atoms with Crippen LogP contribution in [0.25, 0.3) is 0 Å². The Hall–Kier alpha value is -2.70. The van der Waals surface area contributed by atoms with Crippen molar-refractivity contribution in [1.82, 2.24) is 15.2 Å². The molecule has 0 aliphatic heterocycles. The molecule has 0 unspecified atom stereocenters. The Labute approximate surface area is 134 Å². The van der Waals surface area contributed by atoms with Gasteiger partial charge in [-0.05, 0) is 19.1 Å². The Bertz CT molecular complexity index is 762. The average molecular weight is 316 g/mol. The third kappa shape index (κ3) is 3.94. The van der Waals surface area contributed by atoms with Crippen molar-refractivity contribution in [2.24, 2.45) is 0 Å². The fourth-order valence-electron chi connectivity index (χ4n) is 1.99. The number of ether oxygens (including phenoxy) is 1. The van der Waals surface area contributed by atoms with Crippen LogP contribution in [0.4, 0.5) is 11.6 Å². The van der Waals surface area contributed by atoms with E-state index >= 15 is 0 Å². The monoisotopic (exact) mass is 316 g/mol. The SMILES string of the molecule is CCOC(=O)c1ccccc1Nc1nnc(C(C)(C)C)c(=O)[nH]1. The molecule has 23 heavy (non-hydrogen) atoms. The number of nitrogens with one attached hydrogen (secondary N) is 2. The van der Waals surface area contributed by atoms with Crippen molar-refractivity contribution in [3.8, 4) is 0 Å². The molecule has 2 rings (SSSR count). The highest BCUT2D eigenvalue weighted by Crippen LogP contribution is 2.20. The highest BCUT2D eigenvalue weighted by molar-refractivity contribution is 5.96. The van der Waals surface area contributed by atoms with Gasteiger partial charge < -0.3 is 10.1 Å². The van der Waals surface area contributed by atoms with Crippen LogP contribution in [0.5, 0.6) is 0 Å². The zero-order valence-electron chi connectivity index (χ0n) is 13.6. The second-order valence-electron chi connectivity index (χ2n) is 5.99. The molecular weight excluding hydrogens is 296 g/mol. The van der Waals surface area contributed by atoms with Crippen molar-refractivity contribution < 1.29 is 9.53 Å². The van der Waals surface area contributed by atoms with Gasteiger partial charge in [-0.1, -0.05) is 32.9 Å². The number of para-hydroxylation sites is 1. The topological polar surface area (TPSA) is 97.0 Å². The lowest BCUT2D eigenvalue weighted by Gasteiger charge is -2.16. The second-order valence-corrected chi connectivity index (χ2v) is 5.99. The minimum atomic E-state index is -0.447. The maximum absolute atomic E-state index is 12.1. The van der Waals surface area contributed by atoms with Crippen LogP contribution in [0.3, 0.4) is 0 Å². The van der Waals surface area contributed by atoms with Crippen LogP contribution >= 0.6 is 0 Å². The molecule has 0 spiro atoms. The molecule has 0 aliphatic rings. The second kappa shape index (κ2) is 6.60. The van der Waals surface area contributed by atoms with Crippen molar-refractivity contribution in [2.45, 2.75) is 33.1 Å². The van der Waals surface area contributed by atoms with Crippen LogP contribution in [0.2, 0.25) is 0 Å². The minimum absolute atomic E-state index is 0.166. The number of H-pyrrole nitrogens is 1. The van der Waals surface area contributed by atoms with E-state index in [-0.39, 0.29) is 18.1 Å². The summed E-state index contributed by atoms with van der Waals surface area (Å²) < 4.78 is 5.01. The predicted octanol–water partition coefficient (Wildman–Crippen LogP) is 2.38. The van der Waals surface area contributed by atoms with Crippen molar-refractivity contribution >= 4 is 17.6 Å². The lowest BCUT2D eigenvalue weighted by atomic mass is 9.93. The summed E-state index contributed by atoms with van der Waals surface area (Å²) in [7, 11) is 0. The standard InChI is InChI=1S/C16H20N4O3/c1-5-23-14(22)10-8-6-7-9-11(10)17-15-18-13(21)12(19-20-15)16(2,3)4/h6-9H,5H2,1-4H3,(H2,17,18,20,21). The molecule has 0 saturated heterocycles. The highest BCUT2D eigenvalue weighted by Gasteiger charge is 2.21. The number of hydrogen-bond acceptors (Lipinski definition) is 6. The Balaban J connectivity index is 2.32. The van der Waals surface area contributed by atoms with Crippen LogP contribution in [0, 0.1) is 0 Å². The summed E-state index contributed by atoms with van der Waals surface area (Å²) in [6, 6.07) is 6.83. The minimum Gasteiger partial charge on any atom is -0.462 e. The van der Waals surface area contributed by atoms with E-state index in [0.717, 1.165) is 0 Å². The van der Waals surface area contributed by atoms with Gasteiger partial charge in [0.1, 0.15) is 5.69 Å². The molecule has 0 fully saturated rings. The van der Waals surface area contributed by atoms with E-state index in [1.807, 2.05) is 20.8 Å². The Morgan fingerprint density at radius 3 is 2.57 bits per heavy atom. The van der Waals surface area contributed by atoms with E-state index in [0.29, 0.717) is 16.9 Å². The maximum Gasteiger partial charge on any atom is 0.340 e. The summed E-state index contributed by atoms with van der Waals surface area (Å²) in [5, 5.41) is 10.9. The fourth-order valence-corrected chi connectivity index (χ4v) is 1.99. The van der Waals surface area contributed by atoms with Crippen LogP contribution in [-0.4, -0.2) is 27.8 Å². The van der Waals surface area contributed by atoms with Gasteiger partial charge in [0.05, 0.1) is 17.9 Å². The van der Waals surface area contributed by atoms with E-state index in [1.165, 1.54) is 0 Å². The molecule has 1 heterocycles. The van der Waals surface area contributed by atoms with Gasteiger partial charge in [-0.15, -0.1) is 10.2 Å². The number of esters is 1. The number of aromatic nitrogens is 3. The molecule has 1 aromatic carbocycles. The summed E-state index contributed by atoms with van der Waals surface area (Å²) in [4.78, 5) is 26.7. The summed E-state index contributed by atoms with van der Waals surface area (Å²) >= 11 is 0. The van der Waals surface area contributed by atoms with Gasteiger partial charge in [0.25, 0.3) is 5.56 Å². The van der Waals surface area contributed by atoms with Gasteiger partial charge in [-0.2, -0.15) is 0 Å². The summed E-state index contributed by atoms with van der Waals surface area (Å²) in [5.74, 6) is -0.281. The largest absolute Gasteiger partial charge is 0.462 e. The Morgan fingerprint density at radius 2 is 1.96 bits per heavy atom. The van der Waals surface area contributed by atoms with Gasteiger partial charge in [0.15, 0.2) is 0 Å². The molecule has 0 bridgehead atoms. The summed E-state index contributed by atoms with van der Waals surface area (Å²) in [5.41, 5.74) is 0.476. The molecule has 0 aliphatic carbocycles. The fraction of sp³-hybridized carbons (Fsp3) is 0.375. The third-order valence-electron chi connectivity index (χ3n) is 3.08. The van der Waals surface area contributed by atoms with Crippen molar-refractivity contribution in [1.29, 1.82) is 0 Å². The van der Waals surface area contributed by atoms with E-state index in [4.69, 9.17) is 4.74 Å². The van der Waals surface area contributed by atoms with Gasteiger partial charge in [-0.25, -0.2) is 4.79 Å². The number of rotatable bonds is 4. The zero-order valence-corrected chi connectivity index (χ0v) is 13.6. The van der Waals surface area contributed by atoms with E-state index in [1.54, 1.807) is 31.2 Å². The number of carbonyl (C=O) groups excluding carboxylic acids is 1. The molecule has 0 atom stereocenters. The van der Waals surface area contributed by atoms with Gasteiger partial charge in [0.2, 0.25) is 5.95 Å². The molecule has 0 saturated carbocycles. The van der Waals surface area contributed by atoms with E-state index in [9.17, 15) is 9.59 Å². The van der Waals surface area contributed by atoms with Gasteiger partial charge >= 0.3 is 5.97 Å². The van der Waals surface area contributed by atoms with Crippen molar-refractivity contribution in [2.75, 3.05) is 11.9 Å². The summed E-state index contributed by atoms with van der Waals surface area (Å²) in [6.45, 7) is 7.67. The smallest absolute Gasteiger partial charge is 0.340 e. The van der Waals surface area contributed by atoms with Crippen molar-refractivity contribution in [3.63, 3.8) is 0 Å². The Morgan fingerprint density at radius 1 is 1.26 bits per heavy atom. The maximum atomic E-state index is 12.1. The molecule has 1 aromatic heterocycles. The predicted molar refractivity (Wildman–Crippen MR) is 87.0 cm³/mol.